The van der Waals surface area contributed by atoms with Crippen LogP contribution < -0.4 is 0 Å². The monoisotopic (exact) mass is 269 g/mol. The molecule has 0 saturated carbocycles. The number of rotatable bonds is 0. The molecule has 0 fully saturated rings. The highest BCUT2D eigenvalue weighted by Crippen LogP contribution is 2.34. The molecule has 2 aliphatic rings. The van der Waals surface area contributed by atoms with E-state index < -0.39 is 0 Å². The number of fused-ring (bicyclic) bond motifs is 4. The molecule has 0 N–H and O–H groups in total. The Morgan fingerprint density at radius 1 is 1.06 bits per heavy atom. The van der Waals surface area contributed by atoms with E-state index in [9.17, 15) is 0 Å². The molecule has 2 heterocycles. The Hall–Kier alpha value is -1.78. The zero-order valence-corrected chi connectivity index (χ0v) is 10.8. The van der Waals surface area contributed by atoms with Gasteiger partial charge in [0.15, 0.2) is 3.95 Å². The van der Waals surface area contributed by atoms with Crippen molar-refractivity contribution in [3.05, 3.63) is 46.4 Å². The van der Waals surface area contributed by atoms with Crippen molar-refractivity contribution < 1.29 is 4.42 Å². The zero-order chi connectivity index (χ0) is 12.1. The third-order valence-electron chi connectivity index (χ3n) is 3.01. The van der Waals surface area contributed by atoms with Crippen LogP contribution in [-0.4, -0.2) is 4.98 Å². The lowest BCUT2D eigenvalue weighted by molar-refractivity contribution is 0.604. The Morgan fingerprint density at radius 3 is 2.89 bits per heavy atom. The molecule has 0 unspecified atom stereocenters. The van der Waals surface area contributed by atoms with Gasteiger partial charge in [-0.05, 0) is 35.1 Å². The van der Waals surface area contributed by atoms with Gasteiger partial charge in [-0.15, -0.1) is 0 Å². The van der Waals surface area contributed by atoms with Crippen LogP contribution >= 0.6 is 23.6 Å². The summed E-state index contributed by atoms with van der Waals surface area (Å²) in [5.41, 5.74) is 0.849. The second-order valence-electron chi connectivity index (χ2n) is 4.09. The van der Waals surface area contributed by atoms with Crippen molar-refractivity contribution in [1.82, 2.24) is 4.98 Å². The lowest BCUT2D eigenvalue weighted by atomic mass is 10.1. The average Bonchev–Trinajstić information content (AvgIpc) is 2.75. The molecule has 2 aromatic carbocycles. The summed E-state index contributed by atoms with van der Waals surface area (Å²) in [7, 11) is 0. The minimum absolute atomic E-state index is 0.619. The minimum atomic E-state index is 0.619. The number of nitrogens with zero attached hydrogens (tertiary/aromatic N) is 1. The van der Waals surface area contributed by atoms with Gasteiger partial charge in [0.2, 0.25) is 5.89 Å². The van der Waals surface area contributed by atoms with Gasteiger partial charge in [0, 0.05) is 5.39 Å². The lowest BCUT2D eigenvalue weighted by Crippen LogP contribution is -1.81. The van der Waals surface area contributed by atoms with Crippen LogP contribution in [0.5, 0.6) is 0 Å². The van der Waals surface area contributed by atoms with Crippen molar-refractivity contribution in [3.8, 4) is 10.8 Å². The number of hydrogen-bond donors (Lipinski definition) is 0. The molecule has 2 aliphatic heterocycles. The minimum Gasteiger partial charge on any atom is -0.437 e. The topological polar surface area (TPSA) is 26.0 Å². The van der Waals surface area contributed by atoms with E-state index >= 15 is 0 Å². The summed E-state index contributed by atoms with van der Waals surface area (Å²) in [6, 6.07) is 14.4. The maximum atomic E-state index is 5.81. The van der Waals surface area contributed by atoms with Gasteiger partial charge in [-0.25, -0.2) is 0 Å². The summed E-state index contributed by atoms with van der Waals surface area (Å²) in [6.45, 7) is 0. The third kappa shape index (κ3) is 1.39. The van der Waals surface area contributed by atoms with Gasteiger partial charge >= 0.3 is 0 Å². The average molecular weight is 269 g/mol. The second kappa shape index (κ2) is 3.60. The molecule has 18 heavy (non-hydrogen) atoms. The van der Waals surface area contributed by atoms with Gasteiger partial charge in [0.1, 0.15) is 5.58 Å². The highest BCUT2D eigenvalue weighted by molar-refractivity contribution is 7.73. The molecule has 0 aromatic heterocycles. The summed E-state index contributed by atoms with van der Waals surface area (Å²) < 4.78 is 6.43. The first-order valence-corrected chi connectivity index (χ1v) is 6.76. The number of benzene rings is 2. The van der Waals surface area contributed by atoms with Gasteiger partial charge in [-0.3, -0.25) is 0 Å². The Morgan fingerprint density at radius 2 is 1.94 bits per heavy atom. The van der Waals surface area contributed by atoms with Gasteiger partial charge in [-0.1, -0.05) is 41.7 Å². The highest BCUT2D eigenvalue weighted by Gasteiger charge is 2.12. The normalized spacial score (nSPS) is 11.6. The largest absolute Gasteiger partial charge is 0.437 e. The summed E-state index contributed by atoms with van der Waals surface area (Å²) in [6.07, 6.45) is 0. The molecule has 0 spiro atoms. The first-order chi connectivity index (χ1) is 8.81. The van der Waals surface area contributed by atoms with Crippen molar-refractivity contribution in [2.45, 2.75) is 0 Å². The fraction of sp³-hybridized carbons (Fsp3) is 0. The van der Waals surface area contributed by atoms with E-state index in [-0.39, 0.29) is 0 Å². The van der Waals surface area contributed by atoms with Crippen LogP contribution in [-0.2, 0) is 0 Å². The van der Waals surface area contributed by atoms with Crippen LogP contribution in [0.15, 0.2) is 46.9 Å². The summed E-state index contributed by atoms with van der Waals surface area (Å²) in [5.74, 6) is 0.632. The van der Waals surface area contributed by atoms with Crippen molar-refractivity contribution in [1.29, 1.82) is 0 Å². The first-order valence-electron chi connectivity index (χ1n) is 5.53. The molecule has 2 nitrogen and oxygen atoms in total. The summed E-state index contributed by atoms with van der Waals surface area (Å²) >= 11 is 6.58. The van der Waals surface area contributed by atoms with Crippen molar-refractivity contribution in [2.75, 3.05) is 0 Å². The third-order valence-corrected chi connectivity index (χ3v) is 4.13. The standard InChI is InChI=1S/C14H7NOS2/c17-14-15-13-12(18-14)7-10-9-4-2-1-3-8(9)5-6-11(10)16-13/h1-7H. The number of aromatic nitrogens is 1. The maximum absolute atomic E-state index is 5.81. The molecule has 0 aliphatic carbocycles. The Kier molecular flexibility index (Phi) is 2.04. The zero-order valence-electron chi connectivity index (χ0n) is 9.21. The lowest BCUT2D eigenvalue weighted by Gasteiger charge is -2.04. The molecule has 2 aromatic rings. The Bertz CT molecular complexity index is 906. The number of thiazole rings is 1. The van der Waals surface area contributed by atoms with Crippen molar-refractivity contribution in [2.24, 2.45) is 0 Å². The van der Waals surface area contributed by atoms with Crippen LogP contribution in [0.25, 0.3) is 32.5 Å². The molecule has 0 amide bonds. The van der Waals surface area contributed by atoms with E-state index in [1.165, 1.54) is 22.1 Å². The van der Waals surface area contributed by atoms with E-state index in [1.54, 1.807) is 0 Å². The summed E-state index contributed by atoms with van der Waals surface area (Å²) in [5, 5.41) is 3.52. The van der Waals surface area contributed by atoms with Gasteiger partial charge in [0.05, 0.1) is 4.88 Å². The van der Waals surface area contributed by atoms with Gasteiger partial charge < -0.3 is 4.42 Å². The molecule has 0 saturated heterocycles. The molecule has 4 rings (SSSR count). The van der Waals surface area contributed by atoms with Crippen LogP contribution in [0.1, 0.15) is 0 Å². The molecule has 0 atom stereocenters. The fourth-order valence-corrected chi connectivity index (χ4v) is 3.23. The van der Waals surface area contributed by atoms with Gasteiger partial charge in [0.25, 0.3) is 0 Å². The van der Waals surface area contributed by atoms with Crippen LogP contribution in [0.2, 0.25) is 0 Å². The molecule has 0 radical (unpaired) electrons. The van der Waals surface area contributed by atoms with Crippen LogP contribution in [0.4, 0.5) is 0 Å². The SMILES string of the molecule is S=c1nc2oc3ccc4ccccc4c3cc-2s1. The quantitative estimate of drug-likeness (QED) is 0.336. The van der Waals surface area contributed by atoms with Crippen molar-refractivity contribution >= 4 is 45.3 Å². The van der Waals surface area contributed by atoms with Crippen LogP contribution in [0.3, 0.4) is 0 Å². The molecule has 86 valence electrons. The fourth-order valence-electron chi connectivity index (χ4n) is 2.21. The highest BCUT2D eigenvalue weighted by atomic mass is 32.1. The molecule has 4 heteroatoms. The predicted octanol–water partition coefficient (Wildman–Crippen LogP) is 4.88. The van der Waals surface area contributed by atoms with E-state index in [2.05, 4.69) is 29.2 Å². The van der Waals surface area contributed by atoms with Gasteiger partial charge in [-0.2, -0.15) is 4.98 Å². The smallest absolute Gasteiger partial charge is 0.238 e. The Balaban J connectivity index is 2.28. The number of hydrogen-bond acceptors (Lipinski definition) is 4. The van der Waals surface area contributed by atoms with E-state index in [4.69, 9.17) is 16.6 Å². The maximum Gasteiger partial charge on any atom is 0.238 e. The second-order valence-corrected chi connectivity index (χ2v) is 5.77. The first kappa shape index (κ1) is 10.2. The molecular weight excluding hydrogens is 262 g/mol. The van der Waals surface area contributed by atoms with E-state index in [0.29, 0.717) is 9.85 Å². The predicted molar refractivity (Wildman–Crippen MR) is 76.8 cm³/mol. The van der Waals surface area contributed by atoms with Crippen molar-refractivity contribution in [3.63, 3.8) is 0 Å². The van der Waals surface area contributed by atoms with Crippen LogP contribution in [0, 0.1) is 3.95 Å². The van der Waals surface area contributed by atoms with E-state index in [1.807, 2.05) is 18.2 Å². The Labute approximate surface area is 112 Å². The van der Waals surface area contributed by atoms with E-state index in [0.717, 1.165) is 15.8 Å². The molecule has 0 bridgehead atoms. The summed E-state index contributed by atoms with van der Waals surface area (Å²) in [4.78, 5) is 5.21. The molecular formula is C14H7NOS2.